The van der Waals surface area contributed by atoms with Crippen molar-refractivity contribution < 1.29 is 4.74 Å². The highest BCUT2D eigenvalue weighted by Crippen LogP contribution is 2.28. The molecule has 0 spiro atoms. The predicted molar refractivity (Wildman–Crippen MR) is 82.9 cm³/mol. The molecule has 19 heavy (non-hydrogen) atoms. The van der Waals surface area contributed by atoms with Gasteiger partial charge in [0, 0.05) is 12.6 Å². The summed E-state index contributed by atoms with van der Waals surface area (Å²) in [5.74, 6) is 1.52. The highest BCUT2D eigenvalue weighted by Gasteiger charge is 2.13. The van der Waals surface area contributed by atoms with Gasteiger partial charge in [-0.3, -0.25) is 0 Å². The summed E-state index contributed by atoms with van der Waals surface area (Å²) in [5, 5.41) is 3.62. The molecule has 3 heteroatoms. The normalized spacial score (nSPS) is 12.8. The van der Waals surface area contributed by atoms with Crippen LogP contribution in [0.4, 0.5) is 5.69 Å². The van der Waals surface area contributed by atoms with Gasteiger partial charge in [-0.05, 0) is 44.1 Å². The molecule has 0 aromatic heterocycles. The Morgan fingerprint density at radius 3 is 2.42 bits per heavy atom. The molecule has 1 unspecified atom stereocenters. The van der Waals surface area contributed by atoms with Crippen molar-refractivity contribution in [2.24, 2.45) is 5.92 Å². The van der Waals surface area contributed by atoms with Crippen molar-refractivity contribution in [1.82, 2.24) is 4.90 Å². The maximum atomic E-state index is 5.45. The summed E-state index contributed by atoms with van der Waals surface area (Å²) in [6.45, 7) is 7.65. The molecule has 1 N–H and O–H groups in total. The fourth-order valence-electron chi connectivity index (χ4n) is 2.27. The number of nitrogens with one attached hydrogen (secondary N) is 1. The van der Waals surface area contributed by atoms with E-state index in [0.29, 0.717) is 12.0 Å². The fraction of sp³-hybridized carbons (Fsp3) is 0.625. The van der Waals surface area contributed by atoms with Crippen LogP contribution in [0, 0.1) is 5.92 Å². The van der Waals surface area contributed by atoms with E-state index in [2.05, 4.69) is 57.2 Å². The van der Waals surface area contributed by atoms with E-state index in [1.807, 2.05) is 6.07 Å². The first-order chi connectivity index (χ1) is 8.97. The molecule has 0 heterocycles. The summed E-state index contributed by atoms with van der Waals surface area (Å²) in [7, 11) is 5.89. The summed E-state index contributed by atoms with van der Waals surface area (Å²) >= 11 is 0. The van der Waals surface area contributed by atoms with Gasteiger partial charge < -0.3 is 15.0 Å². The molecule has 0 amide bonds. The largest absolute Gasteiger partial charge is 0.495 e. The lowest BCUT2D eigenvalue weighted by atomic mass is 10.0. The third-order valence-corrected chi connectivity index (χ3v) is 3.35. The fourth-order valence-corrected chi connectivity index (χ4v) is 2.27. The topological polar surface area (TPSA) is 24.5 Å². The van der Waals surface area contributed by atoms with Gasteiger partial charge >= 0.3 is 0 Å². The van der Waals surface area contributed by atoms with Crippen LogP contribution in [0.3, 0.4) is 0 Å². The summed E-state index contributed by atoms with van der Waals surface area (Å²) in [6, 6.07) is 6.85. The Balaban J connectivity index is 2.95. The molecule has 0 radical (unpaired) electrons. The molecular weight excluding hydrogens is 236 g/mol. The number of ether oxygens (including phenoxy) is 1. The first-order valence-electron chi connectivity index (χ1n) is 7.06. The average Bonchev–Trinajstić information content (AvgIpc) is 2.35. The van der Waals surface area contributed by atoms with E-state index in [-0.39, 0.29) is 0 Å². The Labute approximate surface area is 118 Å². The van der Waals surface area contributed by atoms with Gasteiger partial charge in [0.15, 0.2) is 0 Å². The van der Waals surface area contributed by atoms with E-state index in [0.717, 1.165) is 24.4 Å². The maximum absolute atomic E-state index is 5.45. The van der Waals surface area contributed by atoms with Crippen molar-refractivity contribution in [2.75, 3.05) is 26.5 Å². The first kappa shape index (κ1) is 15.8. The number of benzene rings is 1. The van der Waals surface area contributed by atoms with E-state index in [4.69, 9.17) is 4.74 Å². The molecule has 0 aliphatic heterocycles. The minimum Gasteiger partial charge on any atom is -0.495 e. The molecule has 108 valence electrons. The van der Waals surface area contributed by atoms with Crippen LogP contribution in [-0.4, -0.2) is 32.1 Å². The van der Waals surface area contributed by atoms with Crippen molar-refractivity contribution >= 4 is 5.69 Å². The SMILES string of the molecule is CCC(Nc1cc(CN(C)C)ccc1OC)C(C)C. The van der Waals surface area contributed by atoms with Gasteiger partial charge in [0.25, 0.3) is 0 Å². The van der Waals surface area contributed by atoms with Crippen molar-refractivity contribution in [1.29, 1.82) is 0 Å². The smallest absolute Gasteiger partial charge is 0.141 e. The van der Waals surface area contributed by atoms with Crippen molar-refractivity contribution in [3.8, 4) is 5.75 Å². The molecule has 0 fully saturated rings. The van der Waals surface area contributed by atoms with Crippen LogP contribution in [0.15, 0.2) is 18.2 Å². The van der Waals surface area contributed by atoms with Gasteiger partial charge in [-0.25, -0.2) is 0 Å². The van der Waals surface area contributed by atoms with Crippen LogP contribution in [0.25, 0.3) is 0 Å². The van der Waals surface area contributed by atoms with Gasteiger partial charge in [0.05, 0.1) is 12.8 Å². The molecule has 3 nitrogen and oxygen atoms in total. The Kier molecular flexibility index (Phi) is 6.16. The lowest BCUT2D eigenvalue weighted by molar-refractivity contribution is 0.399. The van der Waals surface area contributed by atoms with E-state index in [1.165, 1.54) is 5.56 Å². The van der Waals surface area contributed by atoms with Crippen molar-refractivity contribution in [3.63, 3.8) is 0 Å². The first-order valence-corrected chi connectivity index (χ1v) is 7.06. The minimum atomic E-state index is 0.475. The summed E-state index contributed by atoms with van der Waals surface area (Å²) < 4.78 is 5.45. The van der Waals surface area contributed by atoms with E-state index < -0.39 is 0 Å². The number of anilines is 1. The van der Waals surface area contributed by atoms with Crippen LogP contribution in [0.2, 0.25) is 0 Å². The molecule has 0 saturated heterocycles. The number of nitrogens with zero attached hydrogens (tertiary/aromatic N) is 1. The molecule has 1 atom stereocenters. The molecule has 1 aromatic rings. The maximum Gasteiger partial charge on any atom is 0.141 e. The summed E-state index contributed by atoms with van der Waals surface area (Å²) in [6.07, 6.45) is 1.11. The summed E-state index contributed by atoms with van der Waals surface area (Å²) in [5.41, 5.74) is 2.40. The third-order valence-electron chi connectivity index (χ3n) is 3.35. The van der Waals surface area contributed by atoms with Crippen LogP contribution in [0.1, 0.15) is 32.8 Å². The zero-order valence-corrected chi connectivity index (χ0v) is 13.2. The number of rotatable bonds is 7. The molecule has 1 rings (SSSR count). The number of hydrogen-bond acceptors (Lipinski definition) is 3. The monoisotopic (exact) mass is 264 g/mol. The standard InChI is InChI=1S/C16H28N2O/c1-7-14(12(2)3)17-15-10-13(11-18(4)5)8-9-16(15)19-6/h8-10,12,14,17H,7,11H2,1-6H3. The van der Waals surface area contributed by atoms with Crippen molar-refractivity contribution in [2.45, 2.75) is 39.8 Å². The molecular formula is C16H28N2O. The second-order valence-electron chi connectivity index (χ2n) is 5.68. The zero-order valence-electron chi connectivity index (χ0n) is 13.2. The third kappa shape index (κ3) is 4.75. The predicted octanol–water partition coefficient (Wildman–Crippen LogP) is 3.60. The Hall–Kier alpha value is -1.22. The minimum absolute atomic E-state index is 0.475. The second kappa shape index (κ2) is 7.39. The quantitative estimate of drug-likeness (QED) is 0.814. The molecule has 0 aliphatic rings. The van der Waals surface area contributed by atoms with E-state index in [1.54, 1.807) is 7.11 Å². The van der Waals surface area contributed by atoms with Crippen molar-refractivity contribution in [3.05, 3.63) is 23.8 Å². The van der Waals surface area contributed by atoms with Crippen LogP contribution in [0.5, 0.6) is 5.75 Å². The molecule has 0 bridgehead atoms. The average molecular weight is 264 g/mol. The second-order valence-corrected chi connectivity index (χ2v) is 5.68. The Morgan fingerprint density at radius 1 is 1.26 bits per heavy atom. The highest BCUT2D eigenvalue weighted by atomic mass is 16.5. The zero-order chi connectivity index (χ0) is 14.4. The lowest BCUT2D eigenvalue weighted by Crippen LogP contribution is -2.25. The van der Waals surface area contributed by atoms with Gasteiger partial charge in [-0.2, -0.15) is 0 Å². The summed E-state index contributed by atoms with van der Waals surface area (Å²) in [4.78, 5) is 2.17. The highest BCUT2D eigenvalue weighted by molar-refractivity contribution is 5.58. The molecule has 1 aromatic carbocycles. The van der Waals surface area contributed by atoms with Crippen LogP contribution >= 0.6 is 0 Å². The lowest BCUT2D eigenvalue weighted by Gasteiger charge is -2.24. The van der Waals surface area contributed by atoms with Crippen LogP contribution in [-0.2, 0) is 6.54 Å². The van der Waals surface area contributed by atoms with Crippen LogP contribution < -0.4 is 10.1 Å². The Bertz CT molecular complexity index is 388. The molecule has 0 saturated carbocycles. The number of hydrogen-bond donors (Lipinski definition) is 1. The Morgan fingerprint density at radius 2 is 1.95 bits per heavy atom. The van der Waals surface area contributed by atoms with Gasteiger partial charge in [-0.1, -0.05) is 26.8 Å². The number of methoxy groups -OCH3 is 1. The molecule has 0 aliphatic carbocycles. The van der Waals surface area contributed by atoms with E-state index >= 15 is 0 Å². The van der Waals surface area contributed by atoms with E-state index in [9.17, 15) is 0 Å². The van der Waals surface area contributed by atoms with Gasteiger partial charge in [-0.15, -0.1) is 0 Å². The van der Waals surface area contributed by atoms with Gasteiger partial charge in [0.1, 0.15) is 5.75 Å². The van der Waals surface area contributed by atoms with Gasteiger partial charge in [0.2, 0.25) is 0 Å².